The molecule has 0 spiro atoms. The van der Waals surface area contributed by atoms with Gasteiger partial charge in [0.15, 0.2) is 0 Å². The van der Waals surface area contributed by atoms with E-state index in [1.807, 2.05) is 0 Å². The summed E-state index contributed by atoms with van der Waals surface area (Å²) in [5.41, 5.74) is 0. The number of aliphatic hydroxyl groups is 4. The fourth-order valence-electron chi connectivity index (χ4n) is 1.33. The van der Waals surface area contributed by atoms with Crippen molar-refractivity contribution in [3.05, 3.63) is 0 Å². The molecule has 0 rings (SSSR count). The lowest BCUT2D eigenvalue weighted by atomic mass is 10.3. The van der Waals surface area contributed by atoms with Crippen LogP contribution in [0.25, 0.3) is 0 Å². The van der Waals surface area contributed by atoms with Crippen LogP contribution >= 0.6 is 0 Å². The molecule has 0 aliphatic heterocycles. The van der Waals surface area contributed by atoms with Gasteiger partial charge in [0.05, 0.1) is 19.4 Å². The van der Waals surface area contributed by atoms with Crippen LogP contribution in [0.5, 0.6) is 0 Å². The lowest BCUT2D eigenvalue weighted by molar-refractivity contribution is -0.125. The number of aliphatic hydroxyl groups excluding tert-OH is 4. The molecule has 0 aromatic rings. The summed E-state index contributed by atoms with van der Waals surface area (Å²) in [5.74, 6) is 0. The SMILES string of the molecule is CC(O)N(C(C)O)C(CO)NCCO. The van der Waals surface area contributed by atoms with Gasteiger partial charge in [-0.3, -0.25) is 5.32 Å². The van der Waals surface area contributed by atoms with Crippen molar-refractivity contribution in [3.8, 4) is 0 Å². The first-order valence-electron chi connectivity index (χ1n) is 4.63. The molecular weight excluding hydrogens is 188 g/mol. The largest absolute Gasteiger partial charge is 0.395 e. The summed E-state index contributed by atoms with van der Waals surface area (Å²) in [6, 6.07) is 0. The molecule has 0 saturated heterocycles. The Morgan fingerprint density at radius 3 is 1.93 bits per heavy atom. The summed E-state index contributed by atoms with van der Waals surface area (Å²) in [6.45, 7) is 2.97. The molecular formula is C8H20N2O4. The van der Waals surface area contributed by atoms with Crippen LogP contribution in [0.15, 0.2) is 0 Å². The minimum atomic E-state index is -0.877. The van der Waals surface area contributed by atoms with E-state index in [4.69, 9.17) is 10.2 Å². The molecule has 86 valence electrons. The maximum Gasteiger partial charge on any atom is 0.107 e. The zero-order valence-corrected chi connectivity index (χ0v) is 8.59. The van der Waals surface area contributed by atoms with Gasteiger partial charge in [-0.25, -0.2) is 4.90 Å². The standard InChI is InChI=1S/C8H20N2O4/c1-6(13)10(7(2)14)8(5-12)9-3-4-11/h6-9,11-14H,3-5H2,1-2H3. The van der Waals surface area contributed by atoms with E-state index in [1.54, 1.807) is 0 Å². The molecule has 0 aliphatic carbocycles. The van der Waals surface area contributed by atoms with Gasteiger partial charge in [-0.1, -0.05) is 0 Å². The summed E-state index contributed by atoms with van der Waals surface area (Å²) in [7, 11) is 0. The van der Waals surface area contributed by atoms with Gasteiger partial charge in [0.1, 0.15) is 12.5 Å². The van der Waals surface area contributed by atoms with Gasteiger partial charge in [-0.05, 0) is 13.8 Å². The van der Waals surface area contributed by atoms with Gasteiger partial charge in [0, 0.05) is 6.54 Å². The number of hydrogen-bond acceptors (Lipinski definition) is 6. The summed E-state index contributed by atoms with van der Waals surface area (Å²) in [4.78, 5) is 1.30. The Kier molecular flexibility index (Phi) is 6.98. The van der Waals surface area contributed by atoms with Crippen LogP contribution in [0.1, 0.15) is 13.8 Å². The second-order valence-electron chi connectivity index (χ2n) is 3.09. The Labute approximate surface area is 83.8 Å². The van der Waals surface area contributed by atoms with Crippen LogP contribution in [0.3, 0.4) is 0 Å². The highest BCUT2D eigenvalue weighted by molar-refractivity contribution is 4.70. The summed E-state index contributed by atoms with van der Waals surface area (Å²) >= 11 is 0. The minimum Gasteiger partial charge on any atom is -0.395 e. The van der Waals surface area contributed by atoms with Crippen molar-refractivity contribution in [2.24, 2.45) is 0 Å². The number of nitrogens with one attached hydrogen (secondary N) is 1. The molecule has 5 N–H and O–H groups in total. The molecule has 0 radical (unpaired) electrons. The maximum atomic E-state index is 9.34. The highest BCUT2D eigenvalue weighted by atomic mass is 16.3. The van der Waals surface area contributed by atoms with E-state index in [2.05, 4.69) is 5.32 Å². The quantitative estimate of drug-likeness (QED) is 0.307. The molecule has 14 heavy (non-hydrogen) atoms. The Morgan fingerprint density at radius 1 is 1.14 bits per heavy atom. The van der Waals surface area contributed by atoms with Gasteiger partial charge >= 0.3 is 0 Å². The third-order valence-corrected chi connectivity index (χ3v) is 1.89. The molecule has 0 aromatic heterocycles. The zero-order chi connectivity index (χ0) is 11.1. The van der Waals surface area contributed by atoms with Crippen LogP contribution < -0.4 is 5.32 Å². The van der Waals surface area contributed by atoms with E-state index in [9.17, 15) is 10.2 Å². The first-order valence-corrected chi connectivity index (χ1v) is 4.63. The van der Waals surface area contributed by atoms with Crippen LogP contribution in [0.2, 0.25) is 0 Å². The summed E-state index contributed by atoms with van der Waals surface area (Å²) < 4.78 is 0. The van der Waals surface area contributed by atoms with E-state index >= 15 is 0 Å². The zero-order valence-electron chi connectivity index (χ0n) is 8.59. The average Bonchev–Trinajstić information content (AvgIpc) is 2.10. The molecule has 3 atom stereocenters. The second kappa shape index (κ2) is 7.10. The number of rotatable bonds is 7. The normalized spacial score (nSPS) is 18.2. The third-order valence-electron chi connectivity index (χ3n) is 1.89. The van der Waals surface area contributed by atoms with Crippen LogP contribution in [0, 0.1) is 0 Å². The lowest BCUT2D eigenvalue weighted by Gasteiger charge is -2.35. The minimum absolute atomic E-state index is 0.0655. The Bertz CT molecular complexity index is 135. The Hall–Kier alpha value is -0.240. The summed E-state index contributed by atoms with van der Waals surface area (Å²) in [5, 5.41) is 39.1. The topological polar surface area (TPSA) is 96.2 Å². The van der Waals surface area contributed by atoms with Gasteiger partial charge < -0.3 is 20.4 Å². The van der Waals surface area contributed by atoms with Crippen molar-refractivity contribution in [1.29, 1.82) is 0 Å². The highest BCUT2D eigenvalue weighted by Gasteiger charge is 2.24. The van der Waals surface area contributed by atoms with Crippen molar-refractivity contribution in [1.82, 2.24) is 10.2 Å². The van der Waals surface area contributed by atoms with Crippen LogP contribution in [-0.4, -0.2) is 63.7 Å². The Balaban J connectivity index is 4.26. The van der Waals surface area contributed by atoms with Gasteiger partial charge in [-0.2, -0.15) is 0 Å². The molecule has 0 aromatic carbocycles. The predicted octanol–water partition coefficient (Wildman–Crippen LogP) is -2.13. The molecule has 3 unspecified atom stereocenters. The lowest BCUT2D eigenvalue weighted by Crippen LogP contribution is -2.56. The van der Waals surface area contributed by atoms with Crippen molar-refractivity contribution >= 4 is 0 Å². The monoisotopic (exact) mass is 208 g/mol. The van der Waals surface area contributed by atoms with E-state index < -0.39 is 18.6 Å². The second-order valence-corrected chi connectivity index (χ2v) is 3.09. The van der Waals surface area contributed by atoms with E-state index in [0.717, 1.165) is 0 Å². The number of hydrogen-bond donors (Lipinski definition) is 5. The third kappa shape index (κ3) is 4.32. The highest BCUT2D eigenvalue weighted by Crippen LogP contribution is 2.05. The van der Waals surface area contributed by atoms with Crippen LogP contribution in [-0.2, 0) is 0 Å². The fraction of sp³-hybridized carbons (Fsp3) is 1.00. The summed E-state index contributed by atoms with van der Waals surface area (Å²) in [6.07, 6.45) is -2.32. The molecule has 0 fully saturated rings. The van der Waals surface area contributed by atoms with E-state index in [1.165, 1.54) is 18.7 Å². The van der Waals surface area contributed by atoms with Crippen molar-refractivity contribution in [2.75, 3.05) is 19.8 Å². The molecule has 0 aliphatic rings. The van der Waals surface area contributed by atoms with Crippen LogP contribution in [0.4, 0.5) is 0 Å². The van der Waals surface area contributed by atoms with E-state index in [0.29, 0.717) is 6.54 Å². The van der Waals surface area contributed by atoms with Gasteiger partial charge in [-0.15, -0.1) is 0 Å². The molecule has 0 bridgehead atoms. The van der Waals surface area contributed by atoms with Crippen molar-refractivity contribution in [3.63, 3.8) is 0 Å². The number of nitrogens with zero attached hydrogens (tertiary/aromatic N) is 1. The molecule has 6 nitrogen and oxygen atoms in total. The van der Waals surface area contributed by atoms with Crippen molar-refractivity contribution < 1.29 is 20.4 Å². The fourth-order valence-corrected chi connectivity index (χ4v) is 1.33. The average molecular weight is 208 g/mol. The molecule has 6 heteroatoms. The van der Waals surface area contributed by atoms with E-state index in [-0.39, 0.29) is 13.2 Å². The van der Waals surface area contributed by atoms with Crippen molar-refractivity contribution in [2.45, 2.75) is 32.5 Å². The molecule has 0 saturated carbocycles. The Morgan fingerprint density at radius 2 is 1.64 bits per heavy atom. The molecule has 0 heterocycles. The molecule has 0 amide bonds. The first kappa shape index (κ1) is 13.8. The van der Waals surface area contributed by atoms with Gasteiger partial charge in [0.2, 0.25) is 0 Å². The predicted molar refractivity (Wildman–Crippen MR) is 51.2 cm³/mol. The maximum absolute atomic E-state index is 9.34. The first-order chi connectivity index (χ1) is 6.54. The van der Waals surface area contributed by atoms with Gasteiger partial charge in [0.25, 0.3) is 0 Å². The smallest absolute Gasteiger partial charge is 0.107 e.